The molecule has 2 heterocycles. The van der Waals surface area contributed by atoms with Crippen LogP contribution in [0.4, 0.5) is 4.79 Å². The molecule has 1 atom stereocenters. The second-order valence-electron chi connectivity index (χ2n) is 7.53. The minimum atomic E-state index is -0.443. The average Bonchev–Trinajstić information content (AvgIpc) is 2.77. The van der Waals surface area contributed by atoms with Gasteiger partial charge in [0.25, 0.3) is 5.56 Å². The monoisotopic (exact) mass is 429 g/mol. The lowest BCUT2D eigenvalue weighted by Crippen LogP contribution is -2.50. The van der Waals surface area contributed by atoms with Crippen LogP contribution in [0.25, 0.3) is 0 Å². The van der Waals surface area contributed by atoms with E-state index in [2.05, 4.69) is 4.90 Å². The van der Waals surface area contributed by atoms with Crippen LogP contribution in [0.2, 0.25) is 0 Å². The number of benzene rings is 1. The van der Waals surface area contributed by atoms with Crippen LogP contribution in [0, 0.1) is 6.92 Å². The van der Waals surface area contributed by atoms with Gasteiger partial charge in [-0.3, -0.25) is 9.69 Å². The minimum Gasteiger partial charge on any atom is -0.507 e. The summed E-state index contributed by atoms with van der Waals surface area (Å²) in [7, 11) is 1.60. The van der Waals surface area contributed by atoms with Gasteiger partial charge in [-0.2, -0.15) is 0 Å². The van der Waals surface area contributed by atoms with E-state index in [1.165, 1.54) is 0 Å². The summed E-state index contributed by atoms with van der Waals surface area (Å²) in [6.45, 7) is 8.44. The Balaban J connectivity index is 2.02. The third-order valence-electron chi connectivity index (χ3n) is 5.75. The van der Waals surface area contributed by atoms with Crippen molar-refractivity contribution in [3.8, 4) is 11.5 Å². The number of rotatable bonds is 6. The van der Waals surface area contributed by atoms with Crippen molar-refractivity contribution in [1.82, 2.24) is 14.4 Å². The van der Waals surface area contributed by atoms with Gasteiger partial charge in [0.2, 0.25) is 0 Å². The summed E-state index contributed by atoms with van der Waals surface area (Å²) in [5.74, 6) is 0.703. The number of hydrogen-bond donors (Lipinski definition) is 1. The molecule has 8 heteroatoms. The van der Waals surface area contributed by atoms with E-state index in [1.807, 2.05) is 38.1 Å². The molecule has 1 aliphatic rings. The SMILES string of the molecule is CCOC(=O)N1CCN(C(c2ccc(OC)cc2)c2c(O)cc(C)n(CC)c2=O)CC1. The van der Waals surface area contributed by atoms with Crippen molar-refractivity contribution in [2.75, 3.05) is 39.9 Å². The van der Waals surface area contributed by atoms with E-state index in [4.69, 9.17) is 9.47 Å². The van der Waals surface area contributed by atoms with E-state index < -0.39 is 6.04 Å². The number of carbonyl (C=O) groups excluding carboxylic acids is 1. The molecule has 1 N–H and O–H groups in total. The quantitative estimate of drug-likeness (QED) is 0.760. The Labute approximate surface area is 182 Å². The van der Waals surface area contributed by atoms with Gasteiger partial charge < -0.3 is 24.0 Å². The maximum atomic E-state index is 13.3. The highest BCUT2D eigenvalue weighted by molar-refractivity contribution is 5.67. The molecule has 1 aromatic heterocycles. The summed E-state index contributed by atoms with van der Waals surface area (Å²) >= 11 is 0. The third kappa shape index (κ3) is 4.69. The molecule has 8 nitrogen and oxygen atoms in total. The van der Waals surface area contributed by atoms with Gasteiger partial charge in [-0.25, -0.2) is 4.79 Å². The van der Waals surface area contributed by atoms with Gasteiger partial charge in [-0.1, -0.05) is 12.1 Å². The summed E-state index contributed by atoms with van der Waals surface area (Å²) in [4.78, 5) is 29.2. The number of aryl methyl sites for hydroxylation is 1. The molecule has 1 unspecified atom stereocenters. The number of pyridine rings is 1. The Hall–Kier alpha value is -3.00. The van der Waals surface area contributed by atoms with E-state index in [0.29, 0.717) is 50.6 Å². The van der Waals surface area contributed by atoms with Crippen LogP contribution in [0.15, 0.2) is 35.1 Å². The number of piperazine rings is 1. The molecule has 1 fully saturated rings. The second-order valence-corrected chi connectivity index (χ2v) is 7.53. The summed E-state index contributed by atoms with van der Waals surface area (Å²) in [5, 5.41) is 10.8. The number of aromatic nitrogens is 1. The maximum absolute atomic E-state index is 13.3. The van der Waals surface area contributed by atoms with Crippen molar-refractivity contribution < 1.29 is 19.4 Å². The van der Waals surface area contributed by atoms with Crippen LogP contribution < -0.4 is 10.3 Å². The Morgan fingerprint density at radius 3 is 2.32 bits per heavy atom. The first-order valence-electron chi connectivity index (χ1n) is 10.6. The van der Waals surface area contributed by atoms with Crippen molar-refractivity contribution in [2.45, 2.75) is 33.4 Å². The maximum Gasteiger partial charge on any atom is 0.409 e. The highest BCUT2D eigenvalue weighted by atomic mass is 16.6. The zero-order chi connectivity index (χ0) is 22.5. The number of hydrogen-bond acceptors (Lipinski definition) is 6. The fourth-order valence-corrected chi connectivity index (χ4v) is 4.14. The third-order valence-corrected chi connectivity index (χ3v) is 5.75. The van der Waals surface area contributed by atoms with Crippen LogP contribution in [0.5, 0.6) is 11.5 Å². The number of nitrogens with zero attached hydrogens (tertiary/aromatic N) is 3. The van der Waals surface area contributed by atoms with Crippen molar-refractivity contribution in [3.05, 3.63) is 57.5 Å². The van der Waals surface area contributed by atoms with Crippen molar-refractivity contribution in [2.24, 2.45) is 0 Å². The number of aromatic hydroxyl groups is 1. The molecular formula is C23H31N3O5. The van der Waals surface area contributed by atoms with Crippen LogP contribution in [-0.4, -0.2) is 65.5 Å². The number of amides is 1. The van der Waals surface area contributed by atoms with Gasteiger partial charge in [0, 0.05) is 38.4 Å². The van der Waals surface area contributed by atoms with E-state index in [1.54, 1.807) is 29.6 Å². The van der Waals surface area contributed by atoms with Crippen LogP contribution in [-0.2, 0) is 11.3 Å². The zero-order valence-electron chi connectivity index (χ0n) is 18.6. The first-order valence-corrected chi connectivity index (χ1v) is 10.6. The summed E-state index contributed by atoms with van der Waals surface area (Å²) in [6, 6.07) is 8.72. The predicted molar refractivity (Wildman–Crippen MR) is 118 cm³/mol. The molecule has 0 saturated carbocycles. The Morgan fingerprint density at radius 2 is 1.77 bits per heavy atom. The van der Waals surface area contributed by atoms with Crippen molar-refractivity contribution in [3.63, 3.8) is 0 Å². The molecule has 2 aromatic rings. The number of carbonyl (C=O) groups is 1. The Kier molecular flexibility index (Phi) is 7.22. The van der Waals surface area contributed by atoms with Crippen LogP contribution in [0.1, 0.15) is 36.7 Å². The molecule has 1 saturated heterocycles. The fraction of sp³-hybridized carbons (Fsp3) is 0.478. The molecule has 168 valence electrons. The van der Waals surface area contributed by atoms with E-state index >= 15 is 0 Å². The highest BCUT2D eigenvalue weighted by Crippen LogP contribution is 2.34. The Bertz CT molecular complexity index is 962. The van der Waals surface area contributed by atoms with Gasteiger partial charge >= 0.3 is 6.09 Å². The fourth-order valence-electron chi connectivity index (χ4n) is 4.14. The molecule has 31 heavy (non-hydrogen) atoms. The molecule has 0 aliphatic carbocycles. The molecule has 0 radical (unpaired) electrons. The Morgan fingerprint density at radius 1 is 1.13 bits per heavy atom. The van der Waals surface area contributed by atoms with E-state index in [-0.39, 0.29) is 17.4 Å². The van der Waals surface area contributed by atoms with Crippen molar-refractivity contribution >= 4 is 6.09 Å². The lowest BCUT2D eigenvalue weighted by Gasteiger charge is -2.39. The van der Waals surface area contributed by atoms with Crippen molar-refractivity contribution in [1.29, 1.82) is 0 Å². The van der Waals surface area contributed by atoms with Gasteiger partial charge in [-0.05, 0) is 44.5 Å². The van der Waals surface area contributed by atoms with Gasteiger partial charge in [0.05, 0.1) is 25.3 Å². The smallest absolute Gasteiger partial charge is 0.409 e. The largest absolute Gasteiger partial charge is 0.507 e. The minimum absolute atomic E-state index is 0.0131. The lowest BCUT2D eigenvalue weighted by atomic mass is 9.96. The zero-order valence-corrected chi connectivity index (χ0v) is 18.6. The number of methoxy groups -OCH3 is 1. The second kappa shape index (κ2) is 9.87. The van der Waals surface area contributed by atoms with Gasteiger partial charge in [0.1, 0.15) is 11.5 Å². The molecule has 3 rings (SSSR count). The van der Waals surface area contributed by atoms with Crippen LogP contribution >= 0.6 is 0 Å². The molecular weight excluding hydrogens is 398 g/mol. The van der Waals surface area contributed by atoms with Gasteiger partial charge in [0.15, 0.2) is 0 Å². The van der Waals surface area contributed by atoms with Crippen LogP contribution in [0.3, 0.4) is 0 Å². The summed E-state index contributed by atoms with van der Waals surface area (Å²) in [5.41, 5.74) is 1.74. The summed E-state index contributed by atoms with van der Waals surface area (Å²) in [6.07, 6.45) is -0.324. The molecule has 0 bridgehead atoms. The summed E-state index contributed by atoms with van der Waals surface area (Å²) < 4.78 is 12.1. The molecule has 1 aromatic carbocycles. The topological polar surface area (TPSA) is 84.2 Å². The predicted octanol–water partition coefficient (Wildman–Crippen LogP) is 2.75. The molecule has 1 aliphatic heterocycles. The van der Waals surface area contributed by atoms with Gasteiger partial charge in [-0.15, -0.1) is 0 Å². The van der Waals surface area contributed by atoms with E-state index in [0.717, 1.165) is 11.3 Å². The number of ether oxygens (including phenoxy) is 2. The standard InChI is InChI=1S/C23H31N3O5/c1-5-26-16(3)15-19(27)20(22(26)28)21(17-7-9-18(30-4)10-8-17)24-11-13-25(14-12-24)23(29)31-6-2/h7-10,15,21,27H,5-6,11-14H2,1-4H3. The molecule has 0 spiro atoms. The molecule has 1 amide bonds. The average molecular weight is 430 g/mol. The normalized spacial score (nSPS) is 15.5. The van der Waals surface area contributed by atoms with E-state index in [9.17, 15) is 14.7 Å². The highest BCUT2D eigenvalue weighted by Gasteiger charge is 2.32. The first kappa shape index (κ1) is 22.7. The first-order chi connectivity index (χ1) is 14.9. The lowest BCUT2D eigenvalue weighted by molar-refractivity contribution is 0.0709.